The minimum absolute atomic E-state index is 0.102. The minimum atomic E-state index is 0.102. The fraction of sp³-hybridized carbons (Fsp3) is 0.588. The van der Waals surface area contributed by atoms with E-state index in [4.69, 9.17) is 0 Å². The van der Waals surface area contributed by atoms with Crippen LogP contribution in [0.25, 0.3) is 0 Å². The lowest BCUT2D eigenvalue weighted by Gasteiger charge is -2.30. The number of anilines is 1. The first-order valence-corrected chi connectivity index (χ1v) is 7.78. The fourth-order valence-electron chi connectivity index (χ4n) is 2.62. The van der Waals surface area contributed by atoms with Crippen molar-refractivity contribution < 1.29 is 4.79 Å². The number of carbonyl (C=O) groups is 1. The Labute approximate surface area is 122 Å². The van der Waals surface area contributed by atoms with Crippen LogP contribution in [0.15, 0.2) is 24.3 Å². The lowest BCUT2D eigenvalue weighted by atomic mass is 9.99. The Bertz CT molecular complexity index is 419. The van der Waals surface area contributed by atoms with Gasteiger partial charge in [-0.25, -0.2) is 0 Å². The van der Waals surface area contributed by atoms with E-state index in [0.29, 0.717) is 6.42 Å². The highest BCUT2D eigenvalue weighted by molar-refractivity contribution is 5.90. The number of likely N-dealkylation sites (tertiary alicyclic amines) is 1. The average Bonchev–Trinajstić information content (AvgIpc) is 2.44. The highest BCUT2D eigenvalue weighted by atomic mass is 16.1. The van der Waals surface area contributed by atoms with E-state index in [9.17, 15) is 4.79 Å². The van der Waals surface area contributed by atoms with E-state index in [2.05, 4.69) is 29.3 Å². The minimum Gasteiger partial charge on any atom is -0.326 e. The van der Waals surface area contributed by atoms with Gasteiger partial charge in [-0.2, -0.15) is 0 Å². The van der Waals surface area contributed by atoms with Crippen molar-refractivity contribution in [3.63, 3.8) is 0 Å². The Kier molecular flexibility index (Phi) is 5.60. The first kappa shape index (κ1) is 15.0. The molecule has 0 spiro atoms. The molecular formula is C17H26N2O. The zero-order valence-corrected chi connectivity index (χ0v) is 12.7. The number of nitrogens with zero attached hydrogens (tertiary/aromatic N) is 1. The van der Waals surface area contributed by atoms with E-state index < -0.39 is 0 Å². The summed E-state index contributed by atoms with van der Waals surface area (Å²) < 4.78 is 0. The standard InChI is InChI=1S/C17H26N2O/c1-3-4-17(20)18-16-7-5-15(6-8-16)13-19-11-9-14(2)10-12-19/h5-8,14H,3-4,9-13H2,1-2H3,(H,18,20). The molecular weight excluding hydrogens is 248 g/mol. The molecule has 1 N–H and O–H groups in total. The largest absolute Gasteiger partial charge is 0.326 e. The molecule has 1 aliphatic heterocycles. The molecule has 1 aliphatic rings. The smallest absolute Gasteiger partial charge is 0.224 e. The van der Waals surface area contributed by atoms with Gasteiger partial charge < -0.3 is 5.32 Å². The molecule has 2 rings (SSSR count). The summed E-state index contributed by atoms with van der Waals surface area (Å²) in [5.74, 6) is 0.979. The van der Waals surface area contributed by atoms with E-state index in [1.807, 2.05) is 19.1 Å². The van der Waals surface area contributed by atoms with Crippen molar-refractivity contribution in [2.45, 2.75) is 46.1 Å². The maximum Gasteiger partial charge on any atom is 0.224 e. The lowest BCUT2D eigenvalue weighted by Crippen LogP contribution is -2.32. The molecule has 0 radical (unpaired) electrons. The first-order chi connectivity index (χ1) is 9.67. The van der Waals surface area contributed by atoms with Gasteiger partial charge in [0.15, 0.2) is 0 Å². The van der Waals surface area contributed by atoms with Crippen molar-refractivity contribution in [3.05, 3.63) is 29.8 Å². The summed E-state index contributed by atoms with van der Waals surface area (Å²) in [4.78, 5) is 14.0. The summed E-state index contributed by atoms with van der Waals surface area (Å²) in [6.45, 7) is 7.79. The number of rotatable bonds is 5. The molecule has 1 aromatic rings. The van der Waals surface area contributed by atoms with Gasteiger partial charge in [0.1, 0.15) is 0 Å². The molecule has 0 aliphatic carbocycles. The van der Waals surface area contributed by atoms with Crippen LogP contribution in [0.5, 0.6) is 0 Å². The van der Waals surface area contributed by atoms with Crippen LogP contribution in [0.4, 0.5) is 5.69 Å². The summed E-state index contributed by atoms with van der Waals surface area (Å²) in [5.41, 5.74) is 2.23. The Hall–Kier alpha value is -1.35. The second-order valence-corrected chi connectivity index (χ2v) is 5.95. The Morgan fingerprint density at radius 1 is 1.25 bits per heavy atom. The molecule has 1 heterocycles. The highest BCUT2D eigenvalue weighted by Crippen LogP contribution is 2.19. The van der Waals surface area contributed by atoms with Gasteiger partial charge in [-0.15, -0.1) is 0 Å². The van der Waals surface area contributed by atoms with E-state index in [1.54, 1.807) is 0 Å². The number of hydrogen-bond acceptors (Lipinski definition) is 2. The van der Waals surface area contributed by atoms with Crippen LogP contribution in [0.2, 0.25) is 0 Å². The maximum atomic E-state index is 11.5. The fourth-order valence-corrected chi connectivity index (χ4v) is 2.62. The number of nitrogens with one attached hydrogen (secondary N) is 1. The summed E-state index contributed by atoms with van der Waals surface area (Å²) in [7, 11) is 0. The third-order valence-electron chi connectivity index (χ3n) is 4.00. The SMILES string of the molecule is CCCC(=O)Nc1ccc(CN2CCC(C)CC2)cc1. The molecule has 3 heteroatoms. The molecule has 0 bridgehead atoms. The van der Waals surface area contributed by atoms with Crippen LogP contribution < -0.4 is 5.32 Å². The van der Waals surface area contributed by atoms with Crippen LogP contribution in [0.1, 0.15) is 45.1 Å². The van der Waals surface area contributed by atoms with Crippen LogP contribution in [0, 0.1) is 5.92 Å². The van der Waals surface area contributed by atoms with Crippen LogP contribution >= 0.6 is 0 Å². The predicted octanol–water partition coefficient (Wildman–Crippen LogP) is 3.66. The highest BCUT2D eigenvalue weighted by Gasteiger charge is 2.15. The average molecular weight is 274 g/mol. The van der Waals surface area contributed by atoms with Crippen molar-refractivity contribution in [2.75, 3.05) is 18.4 Å². The maximum absolute atomic E-state index is 11.5. The predicted molar refractivity (Wildman–Crippen MR) is 83.7 cm³/mol. The normalized spacial score (nSPS) is 17.1. The molecule has 0 atom stereocenters. The number of carbonyl (C=O) groups excluding carboxylic acids is 1. The van der Waals surface area contributed by atoms with Crippen LogP contribution in [-0.4, -0.2) is 23.9 Å². The Balaban J connectivity index is 1.83. The van der Waals surface area contributed by atoms with Gasteiger partial charge in [0.05, 0.1) is 0 Å². The second-order valence-electron chi connectivity index (χ2n) is 5.95. The topological polar surface area (TPSA) is 32.3 Å². The molecule has 20 heavy (non-hydrogen) atoms. The monoisotopic (exact) mass is 274 g/mol. The van der Waals surface area contributed by atoms with E-state index in [1.165, 1.54) is 31.5 Å². The molecule has 3 nitrogen and oxygen atoms in total. The van der Waals surface area contributed by atoms with Gasteiger partial charge in [-0.1, -0.05) is 26.0 Å². The van der Waals surface area contributed by atoms with Crippen LogP contribution in [-0.2, 0) is 11.3 Å². The van der Waals surface area contributed by atoms with E-state index >= 15 is 0 Å². The Morgan fingerprint density at radius 3 is 2.50 bits per heavy atom. The van der Waals surface area contributed by atoms with E-state index in [-0.39, 0.29) is 5.91 Å². The Morgan fingerprint density at radius 2 is 1.90 bits per heavy atom. The van der Waals surface area contributed by atoms with Gasteiger partial charge in [0, 0.05) is 18.7 Å². The number of hydrogen-bond donors (Lipinski definition) is 1. The molecule has 0 aromatic heterocycles. The molecule has 1 fully saturated rings. The number of piperidine rings is 1. The molecule has 110 valence electrons. The van der Waals surface area contributed by atoms with Crippen LogP contribution in [0.3, 0.4) is 0 Å². The molecule has 0 saturated carbocycles. The first-order valence-electron chi connectivity index (χ1n) is 7.78. The van der Waals surface area contributed by atoms with Crippen molar-refractivity contribution in [1.82, 2.24) is 4.90 Å². The van der Waals surface area contributed by atoms with E-state index in [0.717, 1.165) is 24.6 Å². The molecule has 1 saturated heterocycles. The summed E-state index contributed by atoms with van der Waals surface area (Å²) >= 11 is 0. The molecule has 1 aromatic carbocycles. The van der Waals surface area contributed by atoms with Gasteiger partial charge in [-0.3, -0.25) is 9.69 Å². The lowest BCUT2D eigenvalue weighted by molar-refractivity contribution is -0.116. The van der Waals surface area contributed by atoms with Crippen molar-refractivity contribution in [1.29, 1.82) is 0 Å². The van der Waals surface area contributed by atoms with Crippen molar-refractivity contribution in [3.8, 4) is 0 Å². The molecule has 0 unspecified atom stereocenters. The number of amides is 1. The zero-order valence-electron chi connectivity index (χ0n) is 12.7. The van der Waals surface area contributed by atoms with Gasteiger partial charge in [0.25, 0.3) is 0 Å². The van der Waals surface area contributed by atoms with Crippen molar-refractivity contribution >= 4 is 11.6 Å². The third-order valence-corrected chi connectivity index (χ3v) is 4.00. The summed E-state index contributed by atoms with van der Waals surface area (Å²) in [5, 5.41) is 2.93. The molecule has 1 amide bonds. The third kappa shape index (κ3) is 4.64. The van der Waals surface area contributed by atoms with Gasteiger partial charge in [-0.05, 0) is 56.0 Å². The second kappa shape index (κ2) is 7.44. The number of benzene rings is 1. The van der Waals surface area contributed by atoms with Gasteiger partial charge >= 0.3 is 0 Å². The summed E-state index contributed by atoms with van der Waals surface area (Å²) in [6, 6.07) is 8.27. The quantitative estimate of drug-likeness (QED) is 0.888. The van der Waals surface area contributed by atoms with Crippen molar-refractivity contribution in [2.24, 2.45) is 5.92 Å². The van der Waals surface area contributed by atoms with Gasteiger partial charge in [0.2, 0.25) is 5.91 Å². The zero-order chi connectivity index (χ0) is 14.4. The summed E-state index contributed by atoms with van der Waals surface area (Å²) in [6.07, 6.45) is 4.10.